The zero-order valence-electron chi connectivity index (χ0n) is 12.3. The van der Waals surface area contributed by atoms with Gasteiger partial charge in [0.25, 0.3) is 0 Å². The molecule has 23 heavy (non-hydrogen) atoms. The number of carboxylic acid groups (broad SMARTS) is 1. The summed E-state index contributed by atoms with van der Waals surface area (Å²) in [6.07, 6.45) is 0.875. The quantitative estimate of drug-likeness (QED) is 0.628. The molecule has 0 radical (unpaired) electrons. The summed E-state index contributed by atoms with van der Waals surface area (Å²) in [6, 6.07) is 6.45. The van der Waals surface area contributed by atoms with Gasteiger partial charge in [-0.1, -0.05) is 30.3 Å². The molecule has 0 bridgehead atoms. The molecule has 0 aliphatic carbocycles. The van der Waals surface area contributed by atoms with Crippen molar-refractivity contribution < 1.29 is 27.7 Å². The Labute approximate surface area is 134 Å². The van der Waals surface area contributed by atoms with Gasteiger partial charge < -0.3 is 10.0 Å². The smallest absolute Gasteiger partial charge is 0.334 e. The van der Waals surface area contributed by atoms with Gasteiger partial charge in [0.2, 0.25) is 5.91 Å². The number of rotatable bonds is 6. The molecule has 1 fully saturated rings. The normalized spacial score (nSPS) is 19.5. The van der Waals surface area contributed by atoms with Crippen LogP contribution >= 0.6 is 0 Å². The molecule has 1 unspecified atom stereocenters. The van der Waals surface area contributed by atoms with Crippen molar-refractivity contribution in [2.75, 3.05) is 6.54 Å². The van der Waals surface area contributed by atoms with Gasteiger partial charge in [0.15, 0.2) is 0 Å². The van der Waals surface area contributed by atoms with Crippen molar-refractivity contribution >= 4 is 22.2 Å². The summed E-state index contributed by atoms with van der Waals surface area (Å²) in [5.74, 6) is -1.78. The number of nitrogens with one attached hydrogen (secondary N) is 1. The molecule has 126 valence electrons. The Hall–Kier alpha value is -1.97. The summed E-state index contributed by atoms with van der Waals surface area (Å²) >= 11 is 0. The van der Waals surface area contributed by atoms with Gasteiger partial charge in [-0.05, 0) is 24.8 Å². The van der Waals surface area contributed by atoms with E-state index in [-0.39, 0.29) is 13.0 Å². The topological polar surface area (TPSA) is 124 Å². The maximum atomic E-state index is 12.6. The van der Waals surface area contributed by atoms with Crippen LogP contribution in [0.4, 0.5) is 0 Å². The van der Waals surface area contributed by atoms with Gasteiger partial charge in [0.1, 0.15) is 12.1 Å². The highest BCUT2D eigenvalue weighted by molar-refractivity contribution is 7.83. The minimum absolute atomic E-state index is 0.0162. The summed E-state index contributed by atoms with van der Waals surface area (Å²) in [5, 5.41) is 9.15. The predicted molar refractivity (Wildman–Crippen MR) is 81.0 cm³/mol. The molecule has 1 aliphatic heterocycles. The maximum Gasteiger partial charge on any atom is 0.334 e. The first-order valence-corrected chi connectivity index (χ1v) is 8.54. The van der Waals surface area contributed by atoms with Crippen molar-refractivity contribution in [1.82, 2.24) is 9.62 Å². The third-order valence-electron chi connectivity index (χ3n) is 3.69. The first-order valence-electron chi connectivity index (χ1n) is 7.10. The Kier molecular flexibility index (Phi) is 5.34. The molecule has 2 rings (SSSR count). The summed E-state index contributed by atoms with van der Waals surface area (Å²) in [7, 11) is -4.60. The van der Waals surface area contributed by atoms with Crippen LogP contribution in [0.25, 0.3) is 0 Å². The molecule has 0 saturated carbocycles. The van der Waals surface area contributed by atoms with E-state index in [4.69, 9.17) is 9.66 Å². The van der Waals surface area contributed by atoms with Crippen molar-refractivity contribution in [3.8, 4) is 0 Å². The van der Waals surface area contributed by atoms with Crippen LogP contribution in [0.1, 0.15) is 18.4 Å². The van der Waals surface area contributed by atoms with Crippen LogP contribution in [-0.2, 0) is 26.3 Å². The molecular formula is C14H18N2O6S. The number of benzene rings is 1. The maximum absolute atomic E-state index is 12.6. The van der Waals surface area contributed by atoms with Crippen LogP contribution in [-0.4, -0.2) is 53.5 Å². The molecular weight excluding hydrogens is 324 g/mol. The number of amides is 1. The number of carbonyl (C=O) groups excluding carboxylic acids is 1. The minimum Gasteiger partial charge on any atom is -0.480 e. The highest BCUT2D eigenvalue weighted by Crippen LogP contribution is 2.19. The molecule has 8 nitrogen and oxygen atoms in total. The molecule has 3 N–H and O–H groups in total. The highest BCUT2D eigenvalue weighted by Gasteiger charge is 2.38. The second-order valence-corrected chi connectivity index (χ2v) is 6.55. The number of carbonyl (C=O) groups is 2. The Morgan fingerprint density at radius 3 is 2.52 bits per heavy atom. The summed E-state index contributed by atoms with van der Waals surface area (Å²) in [4.78, 5) is 24.9. The second kappa shape index (κ2) is 7.07. The monoisotopic (exact) mass is 342 g/mol. The molecule has 1 heterocycles. The Balaban J connectivity index is 2.22. The number of carboxylic acids is 1. The number of hydrogen-bond acceptors (Lipinski definition) is 4. The van der Waals surface area contributed by atoms with Gasteiger partial charge in [0, 0.05) is 6.54 Å². The number of hydrogen-bond donors (Lipinski definition) is 3. The van der Waals surface area contributed by atoms with Gasteiger partial charge in [-0.25, -0.2) is 4.79 Å². The lowest BCUT2D eigenvalue weighted by Crippen LogP contribution is -2.52. The van der Waals surface area contributed by atoms with E-state index in [0.29, 0.717) is 18.4 Å². The first-order chi connectivity index (χ1) is 10.8. The zero-order chi connectivity index (χ0) is 17.0. The van der Waals surface area contributed by atoms with E-state index in [1.165, 1.54) is 0 Å². The minimum atomic E-state index is -4.60. The van der Waals surface area contributed by atoms with Crippen LogP contribution in [0.3, 0.4) is 0 Å². The van der Waals surface area contributed by atoms with E-state index in [9.17, 15) is 18.0 Å². The molecule has 1 aromatic carbocycles. The Morgan fingerprint density at radius 1 is 1.30 bits per heavy atom. The van der Waals surface area contributed by atoms with Gasteiger partial charge >= 0.3 is 16.3 Å². The molecule has 9 heteroatoms. The van der Waals surface area contributed by atoms with E-state index >= 15 is 0 Å². The van der Waals surface area contributed by atoms with Crippen molar-refractivity contribution in [2.45, 2.75) is 31.3 Å². The number of aliphatic carboxylic acids is 1. The van der Waals surface area contributed by atoms with E-state index in [1.807, 2.05) is 4.72 Å². The Bertz CT molecular complexity index is 676. The van der Waals surface area contributed by atoms with Crippen molar-refractivity contribution in [1.29, 1.82) is 0 Å². The average molecular weight is 342 g/mol. The lowest BCUT2D eigenvalue weighted by atomic mass is 10.1. The van der Waals surface area contributed by atoms with E-state index in [2.05, 4.69) is 0 Å². The third-order valence-corrected chi connectivity index (χ3v) is 4.28. The largest absolute Gasteiger partial charge is 0.480 e. The fourth-order valence-corrected chi connectivity index (χ4v) is 3.24. The van der Waals surface area contributed by atoms with E-state index in [1.54, 1.807) is 30.3 Å². The van der Waals surface area contributed by atoms with E-state index < -0.39 is 34.3 Å². The van der Waals surface area contributed by atoms with Crippen molar-refractivity contribution in [3.63, 3.8) is 0 Å². The zero-order valence-corrected chi connectivity index (χ0v) is 13.1. The summed E-state index contributed by atoms with van der Waals surface area (Å²) < 4.78 is 33.1. The molecule has 1 aromatic rings. The fourth-order valence-electron chi connectivity index (χ4n) is 2.70. The number of nitrogens with zero attached hydrogens (tertiary/aromatic N) is 1. The lowest BCUT2D eigenvalue weighted by Gasteiger charge is -2.26. The van der Waals surface area contributed by atoms with Gasteiger partial charge in [-0.2, -0.15) is 13.1 Å². The van der Waals surface area contributed by atoms with Crippen molar-refractivity contribution in [2.24, 2.45) is 0 Å². The van der Waals surface area contributed by atoms with Crippen LogP contribution < -0.4 is 4.72 Å². The van der Waals surface area contributed by atoms with E-state index in [0.717, 1.165) is 4.90 Å². The summed E-state index contributed by atoms with van der Waals surface area (Å²) in [5.41, 5.74) is 0.688. The van der Waals surface area contributed by atoms with Crippen LogP contribution in [0.15, 0.2) is 30.3 Å². The Morgan fingerprint density at radius 2 is 1.96 bits per heavy atom. The molecule has 1 aliphatic rings. The van der Waals surface area contributed by atoms with Crippen LogP contribution in [0, 0.1) is 0 Å². The lowest BCUT2D eigenvalue weighted by molar-refractivity contribution is -0.148. The molecule has 0 aromatic heterocycles. The molecule has 1 amide bonds. The molecule has 2 atom stereocenters. The van der Waals surface area contributed by atoms with Crippen LogP contribution in [0.5, 0.6) is 0 Å². The first kappa shape index (κ1) is 17.4. The average Bonchev–Trinajstić information content (AvgIpc) is 2.95. The summed E-state index contributed by atoms with van der Waals surface area (Å²) in [6.45, 7) is 0.244. The van der Waals surface area contributed by atoms with Crippen molar-refractivity contribution in [3.05, 3.63) is 35.9 Å². The third kappa shape index (κ3) is 4.75. The molecule has 1 saturated heterocycles. The predicted octanol–water partition coefficient (Wildman–Crippen LogP) is 0.0657. The fraction of sp³-hybridized carbons (Fsp3) is 0.429. The SMILES string of the molecule is O=C(O)C1CCCN1C(=O)[C@@H](Cc1ccccc1)NS(=O)(=O)O. The number of likely N-dealkylation sites (tertiary alicyclic amines) is 1. The standard InChI is InChI=1S/C14H18N2O6S/c17-13(16-8-4-7-12(16)14(18)19)11(15-23(20,21)22)9-10-5-2-1-3-6-10/h1-3,5-6,11-12,15H,4,7-9H2,(H,18,19)(H,20,21,22)/t11-,12?/m1/s1. The molecule has 0 spiro atoms. The van der Waals surface area contributed by atoms with Crippen LogP contribution in [0.2, 0.25) is 0 Å². The van der Waals surface area contributed by atoms with Gasteiger partial charge in [0.05, 0.1) is 0 Å². The second-order valence-electron chi connectivity index (χ2n) is 5.36. The van der Waals surface area contributed by atoms with Gasteiger partial charge in [-0.3, -0.25) is 9.35 Å². The van der Waals surface area contributed by atoms with Gasteiger partial charge in [-0.15, -0.1) is 0 Å². The highest BCUT2D eigenvalue weighted by atomic mass is 32.2.